The van der Waals surface area contributed by atoms with E-state index in [0.717, 1.165) is 18.7 Å². The first kappa shape index (κ1) is 15.4. The summed E-state index contributed by atoms with van der Waals surface area (Å²) in [7, 11) is -3.15. The van der Waals surface area contributed by atoms with E-state index in [1.165, 1.54) is 10.6 Å². The molecule has 3 rings (SSSR count). The number of carbonyl (C=O) groups is 1. The maximum Gasteiger partial charge on any atom is 0.227 e. The van der Waals surface area contributed by atoms with Crippen LogP contribution in [0.2, 0.25) is 0 Å². The van der Waals surface area contributed by atoms with Crippen LogP contribution in [0.1, 0.15) is 19.2 Å². The second kappa shape index (κ2) is 5.96. The van der Waals surface area contributed by atoms with Crippen molar-refractivity contribution in [1.29, 1.82) is 0 Å². The summed E-state index contributed by atoms with van der Waals surface area (Å²) < 4.78 is 27.0. The zero-order valence-electron chi connectivity index (χ0n) is 12.7. The van der Waals surface area contributed by atoms with Gasteiger partial charge in [0, 0.05) is 32.6 Å². The average Bonchev–Trinajstić information content (AvgIpc) is 3.02. The van der Waals surface area contributed by atoms with Crippen LogP contribution in [0, 0.1) is 5.92 Å². The number of nitrogens with zero attached hydrogens (tertiary/aromatic N) is 5. The fraction of sp³-hybridized carbons (Fsp3) is 0.769. The van der Waals surface area contributed by atoms with Gasteiger partial charge in [0.15, 0.2) is 0 Å². The lowest BCUT2D eigenvalue weighted by atomic mass is 9.98. The van der Waals surface area contributed by atoms with Crippen LogP contribution in [-0.2, 0) is 27.8 Å². The first-order valence-electron chi connectivity index (χ1n) is 7.64. The largest absolute Gasteiger partial charge is 0.340 e. The highest BCUT2D eigenvalue weighted by molar-refractivity contribution is 7.89. The standard InChI is InChI=1S/C13H21N5O3S/c1-2-22(20,21)17-7-5-16(6-8-17)13(19)11-3-4-12-14-10-15-18(12)9-11/h10-11H,2-9H2,1H3. The third-order valence-corrected chi connectivity index (χ3v) is 6.34. The summed E-state index contributed by atoms with van der Waals surface area (Å²) in [5.74, 6) is 1.07. The molecule has 1 fully saturated rings. The molecule has 0 radical (unpaired) electrons. The molecule has 122 valence electrons. The fourth-order valence-electron chi connectivity index (χ4n) is 3.07. The predicted octanol–water partition coefficient (Wildman–Crippen LogP) is -0.666. The lowest BCUT2D eigenvalue weighted by Crippen LogP contribution is -2.52. The second-order valence-electron chi connectivity index (χ2n) is 5.72. The molecule has 1 aromatic heterocycles. The molecule has 1 amide bonds. The van der Waals surface area contributed by atoms with Gasteiger partial charge in [0.05, 0.1) is 18.2 Å². The Bertz CT molecular complexity index is 648. The molecule has 0 aliphatic carbocycles. The lowest BCUT2D eigenvalue weighted by Gasteiger charge is -2.36. The van der Waals surface area contributed by atoms with Gasteiger partial charge in [-0.25, -0.2) is 18.1 Å². The zero-order chi connectivity index (χ0) is 15.7. The van der Waals surface area contributed by atoms with Crippen molar-refractivity contribution >= 4 is 15.9 Å². The molecule has 1 saturated heterocycles. The molecule has 0 aromatic carbocycles. The molecular weight excluding hydrogens is 306 g/mol. The number of sulfonamides is 1. The van der Waals surface area contributed by atoms with E-state index in [9.17, 15) is 13.2 Å². The summed E-state index contributed by atoms with van der Waals surface area (Å²) in [6, 6.07) is 0. The number of aromatic nitrogens is 3. The van der Waals surface area contributed by atoms with E-state index in [4.69, 9.17) is 0 Å². The van der Waals surface area contributed by atoms with Crippen LogP contribution < -0.4 is 0 Å². The van der Waals surface area contributed by atoms with Gasteiger partial charge in [-0.1, -0.05) is 0 Å². The highest BCUT2D eigenvalue weighted by Gasteiger charge is 2.33. The van der Waals surface area contributed by atoms with Gasteiger partial charge in [-0.3, -0.25) is 4.79 Å². The van der Waals surface area contributed by atoms with Crippen LogP contribution in [0.4, 0.5) is 0 Å². The number of amides is 1. The SMILES string of the molecule is CCS(=O)(=O)N1CCN(C(=O)C2CCc3ncnn3C2)CC1. The molecular formula is C13H21N5O3S. The minimum absolute atomic E-state index is 0.0801. The number of hydrogen-bond acceptors (Lipinski definition) is 5. The first-order chi connectivity index (χ1) is 10.5. The molecule has 1 aromatic rings. The molecule has 2 aliphatic rings. The molecule has 0 N–H and O–H groups in total. The molecule has 0 saturated carbocycles. The lowest BCUT2D eigenvalue weighted by molar-refractivity contribution is -0.137. The molecule has 1 atom stereocenters. The summed E-state index contributed by atoms with van der Waals surface area (Å²) in [4.78, 5) is 18.6. The van der Waals surface area contributed by atoms with E-state index in [1.54, 1.807) is 16.5 Å². The maximum absolute atomic E-state index is 12.6. The predicted molar refractivity (Wildman–Crippen MR) is 79.4 cm³/mol. The van der Waals surface area contributed by atoms with E-state index in [2.05, 4.69) is 10.1 Å². The molecule has 22 heavy (non-hydrogen) atoms. The zero-order valence-corrected chi connectivity index (χ0v) is 13.5. The summed E-state index contributed by atoms with van der Waals surface area (Å²) in [6.07, 6.45) is 3.07. The Morgan fingerprint density at radius 2 is 2.05 bits per heavy atom. The molecule has 0 bridgehead atoms. The normalized spacial score (nSPS) is 23.3. The van der Waals surface area contributed by atoms with Crippen molar-refractivity contribution in [2.24, 2.45) is 5.92 Å². The molecule has 3 heterocycles. The Morgan fingerprint density at radius 1 is 1.32 bits per heavy atom. The summed E-state index contributed by atoms with van der Waals surface area (Å²) >= 11 is 0. The Hall–Kier alpha value is -1.48. The van der Waals surface area contributed by atoms with Gasteiger partial charge in [0.25, 0.3) is 0 Å². The van der Waals surface area contributed by atoms with Crippen molar-refractivity contribution in [2.75, 3.05) is 31.9 Å². The van der Waals surface area contributed by atoms with Gasteiger partial charge in [0.1, 0.15) is 12.2 Å². The van der Waals surface area contributed by atoms with Crippen molar-refractivity contribution < 1.29 is 13.2 Å². The minimum atomic E-state index is -3.15. The van der Waals surface area contributed by atoms with Gasteiger partial charge < -0.3 is 4.90 Å². The number of carbonyl (C=O) groups excluding carboxylic acids is 1. The van der Waals surface area contributed by atoms with E-state index in [1.807, 2.05) is 0 Å². The minimum Gasteiger partial charge on any atom is -0.340 e. The number of hydrogen-bond donors (Lipinski definition) is 0. The third kappa shape index (κ3) is 2.87. The fourth-order valence-corrected chi connectivity index (χ4v) is 4.15. The maximum atomic E-state index is 12.6. The van der Waals surface area contributed by atoms with Crippen molar-refractivity contribution in [2.45, 2.75) is 26.3 Å². The van der Waals surface area contributed by atoms with Gasteiger partial charge >= 0.3 is 0 Å². The van der Waals surface area contributed by atoms with E-state index in [-0.39, 0.29) is 17.6 Å². The second-order valence-corrected chi connectivity index (χ2v) is 7.98. The molecule has 9 heteroatoms. The van der Waals surface area contributed by atoms with Gasteiger partial charge in [-0.05, 0) is 13.3 Å². The number of aryl methyl sites for hydroxylation is 1. The smallest absolute Gasteiger partial charge is 0.227 e. The number of fused-ring (bicyclic) bond motifs is 1. The van der Waals surface area contributed by atoms with Crippen LogP contribution in [0.15, 0.2) is 6.33 Å². The van der Waals surface area contributed by atoms with E-state index in [0.29, 0.717) is 32.7 Å². The van der Waals surface area contributed by atoms with E-state index < -0.39 is 10.0 Å². The highest BCUT2D eigenvalue weighted by atomic mass is 32.2. The van der Waals surface area contributed by atoms with Crippen molar-refractivity contribution in [3.05, 3.63) is 12.2 Å². The monoisotopic (exact) mass is 327 g/mol. The van der Waals surface area contributed by atoms with Crippen LogP contribution in [0.3, 0.4) is 0 Å². The third-order valence-electron chi connectivity index (χ3n) is 4.46. The van der Waals surface area contributed by atoms with Gasteiger partial charge in [0.2, 0.25) is 15.9 Å². The van der Waals surface area contributed by atoms with Crippen LogP contribution in [0.5, 0.6) is 0 Å². The topological polar surface area (TPSA) is 88.4 Å². The number of rotatable bonds is 3. The number of piperazine rings is 1. The molecule has 2 aliphatic heterocycles. The highest BCUT2D eigenvalue weighted by Crippen LogP contribution is 2.21. The Labute approximate surface area is 130 Å². The van der Waals surface area contributed by atoms with Crippen molar-refractivity contribution in [3.8, 4) is 0 Å². The molecule has 8 nitrogen and oxygen atoms in total. The van der Waals surface area contributed by atoms with E-state index >= 15 is 0 Å². The van der Waals surface area contributed by atoms with Gasteiger partial charge in [-0.2, -0.15) is 9.40 Å². The van der Waals surface area contributed by atoms with Crippen molar-refractivity contribution in [3.63, 3.8) is 0 Å². The summed E-state index contributed by atoms with van der Waals surface area (Å²) in [5, 5.41) is 4.14. The van der Waals surface area contributed by atoms with Gasteiger partial charge in [-0.15, -0.1) is 0 Å². The Kier molecular flexibility index (Phi) is 4.18. The van der Waals surface area contributed by atoms with Crippen molar-refractivity contribution in [1.82, 2.24) is 24.0 Å². The average molecular weight is 327 g/mol. The quantitative estimate of drug-likeness (QED) is 0.735. The van der Waals surface area contributed by atoms with Crippen LogP contribution >= 0.6 is 0 Å². The molecule has 0 spiro atoms. The molecule has 1 unspecified atom stereocenters. The summed E-state index contributed by atoms with van der Waals surface area (Å²) in [5.41, 5.74) is 0. The Morgan fingerprint density at radius 3 is 2.73 bits per heavy atom. The van der Waals surface area contributed by atoms with Crippen LogP contribution in [0.25, 0.3) is 0 Å². The van der Waals surface area contributed by atoms with Crippen LogP contribution in [-0.4, -0.2) is 70.2 Å². The summed E-state index contributed by atoms with van der Waals surface area (Å²) in [6.45, 7) is 3.94. The Balaban J connectivity index is 1.59. The first-order valence-corrected chi connectivity index (χ1v) is 9.25.